The van der Waals surface area contributed by atoms with Crippen molar-refractivity contribution >= 4 is 11.6 Å². The Kier molecular flexibility index (Phi) is 4.00. The van der Waals surface area contributed by atoms with Crippen molar-refractivity contribution in [3.8, 4) is 23.3 Å². The summed E-state index contributed by atoms with van der Waals surface area (Å²) in [6, 6.07) is 10.7. The molecule has 2 aromatic heterocycles. The molecule has 0 saturated carbocycles. The van der Waals surface area contributed by atoms with Gasteiger partial charge in [-0.15, -0.1) is 0 Å². The molecule has 0 fully saturated rings. The number of hydrogen-bond donors (Lipinski definition) is 1. The Morgan fingerprint density at radius 3 is 2.77 bits per heavy atom. The number of ether oxygens (including phenoxy) is 2. The van der Waals surface area contributed by atoms with Gasteiger partial charge in [-0.1, -0.05) is 12.0 Å². The molecule has 1 N–H and O–H groups in total. The lowest BCUT2D eigenvalue weighted by molar-refractivity contribution is 0.101. The van der Waals surface area contributed by atoms with E-state index in [1.165, 1.54) is 4.68 Å². The number of aromatic nitrogens is 3. The third-order valence-corrected chi connectivity index (χ3v) is 3.81. The van der Waals surface area contributed by atoms with E-state index in [0.717, 1.165) is 0 Å². The fraction of sp³-hybridized carbons (Fsp3) is 0.105. The fourth-order valence-electron chi connectivity index (χ4n) is 2.54. The van der Waals surface area contributed by atoms with E-state index in [1.54, 1.807) is 37.6 Å². The van der Waals surface area contributed by atoms with Gasteiger partial charge >= 0.3 is 0 Å². The minimum Gasteiger partial charge on any atom is -0.452 e. The number of nitrogens with zero attached hydrogens (tertiary/aromatic N) is 3. The van der Waals surface area contributed by atoms with E-state index in [1.807, 2.05) is 18.2 Å². The molecule has 3 aromatic rings. The number of carbonyl (C=O) groups is 1. The van der Waals surface area contributed by atoms with Crippen LogP contribution in [0.15, 0.2) is 48.8 Å². The summed E-state index contributed by atoms with van der Waals surface area (Å²) in [5.74, 6) is 6.71. The molecule has 7 heteroatoms. The van der Waals surface area contributed by atoms with Crippen molar-refractivity contribution in [2.75, 3.05) is 12.1 Å². The molecule has 1 aliphatic rings. The van der Waals surface area contributed by atoms with Crippen molar-refractivity contribution < 1.29 is 14.3 Å². The number of pyridine rings is 1. The first-order valence-corrected chi connectivity index (χ1v) is 7.87. The lowest BCUT2D eigenvalue weighted by Gasteiger charge is -2.09. The van der Waals surface area contributed by atoms with Crippen LogP contribution in [0.5, 0.6) is 11.5 Å². The lowest BCUT2D eigenvalue weighted by atomic mass is 10.1. The molecule has 26 heavy (non-hydrogen) atoms. The normalized spacial score (nSPS) is 11.6. The number of carbonyl (C=O) groups excluding carboxylic acids is 1. The van der Waals surface area contributed by atoms with Crippen LogP contribution in [0.1, 0.15) is 21.7 Å². The van der Waals surface area contributed by atoms with Gasteiger partial charge in [-0.3, -0.25) is 9.48 Å². The summed E-state index contributed by atoms with van der Waals surface area (Å²) in [5, 5.41) is 6.82. The van der Waals surface area contributed by atoms with Crippen molar-refractivity contribution in [3.63, 3.8) is 0 Å². The van der Waals surface area contributed by atoms with Crippen LogP contribution >= 0.6 is 0 Å². The smallest absolute Gasteiger partial charge is 0.274 e. The number of benzene rings is 1. The molecule has 0 unspecified atom stereocenters. The first kappa shape index (κ1) is 15.7. The molecule has 1 aromatic carbocycles. The van der Waals surface area contributed by atoms with Crippen LogP contribution in [0.25, 0.3) is 0 Å². The lowest BCUT2D eigenvalue weighted by Crippen LogP contribution is -2.16. The Labute approximate surface area is 149 Å². The second-order valence-electron chi connectivity index (χ2n) is 5.48. The Hall–Kier alpha value is -3.79. The second kappa shape index (κ2) is 6.61. The van der Waals surface area contributed by atoms with Crippen LogP contribution in [-0.2, 0) is 7.05 Å². The largest absolute Gasteiger partial charge is 0.452 e. The highest BCUT2D eigenvalue weighted by Gasteiger charge is 2.23. The summed E-state index contributed by atoms with van der Waals surface area (Å²) in [6.07, 6.45) is 3.25. The van der Waals surface area contributed by atoms with Crippen LogP contribution < -0.4 is 14.8 Å². The number of rotatable bonds is 2. The second-order valence-corrected chi connectivity index (χ2v) is 5.48. The van der Waals surface area contributed by atoms with Gasteiger partial charge in [0.05, 0.1) is 11.3 Å². The zero-order valence-corrected chi connectivity index (χ0v) is 13.9. The van der Waals surface area contributed by atoms with E-state index in [9.17, 15) is 4.79 Å². The summed E-state index contributed by atoms with van der Waals surface area (Å²) < 4.78 is 12.6. The van der Waals surface area contributed by atoms with Crippen molar-refractivity contribution in [3.05, 3.63) is 65.7 Å². The SMILES string of the molecule is Cn1nccc1C(=O)Nc1ccc(C#Cc2ccccn2)c2c1OCO2. The third-order valence-electron chi connectivity index (χ3n) is 3.81. The standard InChI is InChI=1S/C19H14N4O3/c1-23-16(9-11-21-23)19(24)22-15-8-6-13(17-18(15)26-12-25-17)5-7-14-4-2-3-10-20-14/h2-4,6,8-11H,12H2,1H3,(H,22,24). The highest BCUT2D eigenvalue weighted by molar-refractivity contribution is 6.04. The van der Waals surface area contributed by atoms with Crippen molar-refractivity contribution in [2.45, 2.75) is 0 Å². The molecule has 0 saturated heterocycles. The van der Waals surface area contributed by atoms with Gasteiger partial charge in [0.1, 0.15) is 11.4 Å². The highest BCUT2D eigenvalue weighted by Crippen LogP contribution is 2.41. The predicted molar refractivity (Wildman–Crippen MR) is 93.9 cm³/mol. The Morgan fingerprint density at radius 1 is 1.12 bits per heavy atom. The molecule has 3 heterocycles. The number of fused-ring (bicyclic) bond motifs is 1. The molecule has 0 atom stereocenters. The van der Waals surface area contributed by atoms with Crippen molar-refractivity contribution in [1.82, 2.24) is 14.8 Å². The van der Waals surface area contributed by atoms with E-state index in [-0.39, 0.29) is 12.7 Å². The Balaban J connectivity index is 1.63. The number of anilines is 1. The fourth-order valence-corrected chi connectivity index (χ4v) is 2.54. The number of aryl methyl sites for hydroxylation is 1. The molecule has 1 amide bonds. The molecule has 1 aliphatic heterocycles. The number of hydrogen-bond acceptors (Lipinski definition) is 5. The summed E-state index contributed by atoms with van der Waals surface area (Å²) in [4.78, 5) is 16.6. The Morgan fingerprint density at radius 2 is 2.00 bits per heavy atom. The molecule has 0 spiro atoms. The monoisotopic (exact) mass is 346 g/mol. The van der Waals surface area contributed by atoms with Crippen LogP contribution in [0.2, 0.25) is 0 Å². The first-order valence-electron chi connectivity index (χ1n) is 7.87. The van der Waals surface area contributed by atoms with Gasteiger partial charge in [0.2, 0.25) is 6.79 Å². The van der Waals surface area contributed by atoms with Crippen LogP contribution in [0.3, 0.4) is 0 Å². The molecule has 0 bridgehead atoms. The molecular formula is C19H14N4O3. The molecule has 4 rings (SSSR count). The highest BCUT2D eigenvalue weighted by atomic mass is 16.7. The summed E-state index contributed by atoms with van der Waals surface area (Å²) >= 11 is 0. The molecule has 7 nitrogen and oxygen atoms in total. The molecule has 128 valence electrons. The summed E-state index contributed by atoms with van der Waals surface area (Å²) in [5.41, 5.74) is 2.29. The molecule has 0 radical (unpaired) electrons. The minimum absolute atomic E-state index is 0.0756. The van der Waals surface area contributed by atoms with Gasteiger partial charge in [0.15, 0.2) is 11.5 Å². The first-order chi connectivity index (χ1) is 12.7. The summed E-state index contributed by atoms with van der Waals surface area (Å²) in [7, 11) is 1.70. The van der Waals surface area contributed by atoms with E-state index in [2.05, 4.69) is 27.2 Å². The maximum Gasteiger partial charge on any atom is 0.274 e. The zero-order valence-electron chi connectivity index (χ0n) is 13.9. The quantitative estimate of drug-likeness (QED) is 0.720. The van der Waals surface area contributed by atoms with E-state index in [0.29, 0.717) is 34.1 Å². The van der Waals surface area contributed by atoms with E-state index in [4.69, 9.17) is 9.47 Å². The maximum atomic E-state index is 12.4. The third kappa shape index (κ3) is 2.96. The van der Waals surface area contributed by atoms with E-state index < -0.39 is 0 Å². The van der Waals surface area contributed by atoms with Gasteiger partial charge in [0, 0.05) is 19.4 Å². The van der Waals surface area contributed by atoms with Gasteiger partial charge in [-0.25, -0.2) is 4.98 Å². The Bertz CT molecular complexity index is 1030. The van der Waals surface area contributed by atoms with Gasteiger partial charge in [-0.05, 0) is 36.3 Å². The average Bonchev–Trinajstić information content (AvgIpc) is 3.31. The average molecular weight is 346 g/mol. The van der Waals surface area contributed by atoms with Crippen LogP contribution in [0.4, 0.5) is 5.69 Å². The van der Waals surface area contributed by atoms with Gasteiger partial charge in [0.25, 0.3) is 5.91 Å². The van der Waals surface area contributed by atoms with Crippen molar-refractivity contribution in [1.29, 1.82) is 0 Å². The predicted octanol–water partition coefficient (Wildman–Crippen LogP) is 2.20. The van der Waals surface area contributed by atoms with Crippen LogP contribution in [0, 0.1) is 11.8 Å². The zero-order chi connectivity index (χ0) is 17.9. The maximum absolute atomic E-state index is 12.4. The van der Waals surface area contributed by atoms with Gasteiger partial charge < -0.3 is 14.8 Å². The van der Waals surface area contributed by atoms with Gasteiger partial charge in [-0.2, -0.15) is 5.10 Å². The molecular weight excluding hydrogens is 332 g/mol. The van der Waals surface area contributed by atoms with Crippen molar-refractivity contribution in [2.24, 2.45) is 7.05 Å². The van der Waals surface area contributed by atoms with Crippen LogP contribution in [-0.4, -0.2) is 27.5 Å². The number of amides is 1. The summed E-state index contributed by atoms with van der Waals surface area (Å²) in [6.45, 7) is 0.0756. The van der Waals surface area contributed by atoms with E-state index >= 15 is 0 Å². The molecule has 0 aliphatic carbocycles. The minimum atomic E-state index is -0.282. The topological polar surface area (TPSA) is 78.3 Å². The number of nitrogens with one attached hydrogen (secondary N) is 1.